The fraction of sp³-hybridized carbons (Fsp3) is 0.500. The molecule has 1 heterocycles. The van der Waals surface area contributed by atoms with E-state index in [0.717, 1.165) is 18.4 Å². The molecular formula is C18H24N2O4. The molecule has 1 aromatic carbocycles. The smallest absolute Gasteiger partial charge is 0.337 e. The summed E-state index contributed by atoms with van der Waals surface area (Å²) in [6.45, 7) is 2.44. The van der Waals surface area contributed by atoms with Crippen molar-refractivity contribution in [2.45, 2.75) is 51.1 Å². The van der Waals surface area contributed by atoms with Crippen molar-refractivity contribution < 1.29 is 19.1 Å². The van der Waals surface area contributed by atoms with Crippen LogP contribution in [0.1, 0.15) is 54.9 Å². The van der Waals surface area contributed by atoms with E-state index in [-0.39, 0.29) is 23.3 Å². The first-order chi connectivity index (χ1) is 11.5. The van der Waals surface area contributed by atoms with Crippen LogP contribution in [0, 0.1) is 0 Å². The van der Waals surface area contributed by atoms with Crippen molar-refractivity contribution in [2.75, 3.05) is 7.11 Å². The highest BCUT2D eigenvalue weighted by Gasteiger charge is 2.35. The number of hydrogen-bond acceptors (Lipinski definition) is 4. The van der Waals surface area contributed by atoms with Crippen LogP contribution in [-0.4, -0.2) is 30.4 Å². The average molecular weight is 332 g/mol. The number of methoxy groups -OCH3 is 1. The summed E-state index contributed by atoms with van der Waals surface area (Å²) in [5.41, 5.74) is 1.17. The Labute approximate surface area is 142 Å². The van der Waals surface area contributed by atoms with Crippen LogP contribution in [0.4, 0.5) is 0 Å². The summed E-state index contributed by atoms with van der Waals surface area (Å²) >= 11 is 0. The lowest BCUT2D eigenvalue weighted by Gasteiger charge is -2.27. The maximum Gasteiger partial charge on any atom is 0.337 e. The summed E-state index contributed by atoms with van der Waals surface area (Å²) in [6.07, 6.45) is 3.21. The second kappa shape index (κ2) is 7.95. The molecule has 0 aromatic heterocycles. The van der Waals surface area contributed by atoms with E-state index in [4.69, 9.17) is 0 Å². The normalized spacial score (nSPS) is 19.7. The maximum absolute atomic E-state index is 12.0. The van der Waals surface area contributed by atoms with Crippen LogP contribution in [0.25, 0.3) is 0 Å². The molecule has 2 rings (SSSR count). The van der Waals surface area contributed by atoms with Gasteiger partial charge in [-0.05, 0) is 37.0 Å². The number of carbonyl (C=O) groups excluding carboxylic acids is 3. The zero-order chi connectivity index (χ0) is 17.6. The molecule has 2 N–H and O–H groups in total. The molecule has 0 bridgehead atoms. The monoisotopic (exact) mass is 332 g/mol. The molecule has 1 fully saturated rings. The average Bonchev–Trinajstić information content (AvgIpc) is 2.99. The van der Waals surface area contributed by atoms with Gasteiger partial charge < -0.3 is 15.4 Å². The number of hydrogen-bond donors (Lipinski definition) is 2. The van der Waals surface area contributed by atoms with E-state index in [1.165, 1.54) is 7.11 Å². The van der Waals surface area contributed by atoms with Crippen molar-refractivity contribution in [3.8, 4) is 0 Å². The van der Waals surface area contributed by atoms with Crippen LogP contribution in [0.2, 0.25) is 0 Å². The molecule has 2 amide bonds. The molecule has 6 nitrogen and oxygen atoms in total. The highest BCUT2D eigenvalue weighted by molar-refractivity contribution is 5.89. The van der Waals surface area contributed by atoms with Gasteiger partial charge >= 0.3 is 5.97 Å². The SMILES string of the molecule is CC[C@]1(CCC(=O)NCc2ccc(C(=O)OC)cc2)CCC(=O)N1. The quantitative estimate of drug-likeness (QED) is 0.747. The number of rotatable bonds is 7. The first-order valence-electron chi connectivity index (χ1n) is 8.23. The Morgan fingerprint density at radius 3 is 2.54 bits per heavy atom. The zero-order valence-electron chi connectivity index (χ0n) is 14.2. The van der Waals surface area contributed by atoms with Gasteiger partial charge in [-0.15, -0.1) is 0 Å². The van der Waals surface area contributed by atoms with E-state index in [9.17, 15) is 14.4 Å². The fourth-order valence-electron chi connectivity index (χ4n) is 2.92. The van der Waals surface area contributed by atoms with Gasteiger partial charge in [-0.3, -0.25) is 9.59 Å². The number of esters is 1. The van der Waals surface area contributed by atoms with Crippen LogP contribution in [-0.2, 0) is 20.9 Å². The van der Waals surface area contributed by atoms with Crippen molar-refractivity contribution in [3.63, 3.8) is 0 Å². The highest BCUT2D eigenvalue weighted by Crippen LogP contribution is 2.28. The molecule has 0 unspecified atom stereocenters. The summed E-state index contributed by atoms with van der Waals surface area (Å²) in [4.78, 5) is 34.8. The zero-order valence-corrected chi connectivity index (χ0v) is 14.2. The first-order valence-corrected chi connectivity index (χ1v) is 8.23. The first kappa shape index (κ1) is 18.0. The molecule has 130 valence electrons. The standard InChI is InChI=1S/C18H24N2O4/c1-3-18(11-9-16(22)20-18)10-8-15(21)19-12-13-4-6-14(7-5-13)17(23)24-2/h4-7H,3,8-12H2,1-2H3,(H,19,21)(H,20,22)/t18-/m0/s1. The predicted molar refractivity (Wildman–Crippen MR) is 89.3 cm³/mol. The van der Waals surface area contributed by atoms with Crippen molar-refractivity contribution in [2.24, 2.45) is 0 Å². The molecule has 1 saturated heterocycles. The minimum atomic E-state index is -0.381. The minimum absolute atomic E-state index is 0.0407. The Balaban J connectivity index is 1.79. The van der Waals surface area contributed by atoms with Gasteiger partial charge in [0.1, 0.15) is 0 Å². The van der Waals surface area contributed by atoms with Crippen molar-refractivity contribution in [1.29, 1.82) is 0 Å². The Bertz CT molecular complexity index is 612. The second-order valence-corrected chi connectivity index (χ2v) is 6.15. The minimum Gasteiger partial charge on any atom is -0.465 e. The number of carbonyl (C=O) groups is 3. The lowest BCUT2D eigenvalue weighted by atomic mass is 9.89. The molecule has 1 aliphatic heterocycles. The van der Waals surface area contributed by atoms with E-state index in [2.05, 4.69) is 15.4 Å². The Kier molecular flexibility index (Phi) is 5.95. The van der Waals surface area contributed by atoms with Crippen molar-refractivity contribution >= 4 is 17.8 Å². The highest BCUT2D eigenvalue weighted by atomic mass is 16.5. The number of benzene rings is 1. The van der Waals surface area contributed by atoms with E-state index in [1.54, 1.807) is 24.3 Å². The van der Waals surface area contributed by atoms with Crippen LogP contribution in [0.15, 0.2) is 24.3 Å². The molecule has 1 aliphatic rings. The van der Waals surface area contributed by atoms with Crippen LogP contribution in [0.5, 0.6) is 0 Å². The van der Waals surface area contributed by atoms with Gasteiger partial charge in [-0.25, -0.2) is 4.79 Å². The van der Waals surface area contributed by atoms with Gasteiger partial charge in [0.25, 0.3) is 0 Å². The number of ether oxygens (including phenoxy) is 1. The fourth-order valence-corrected chi connectivity index (χ4v) is 2.92. The largest absolute Gasteiger partial charge is 0.465 e. The lowest BCUT2D eigenvalue weighted by Crippen LogP contribution is -2.42. The van der Waals surface area contributed by atoms with Gasteiger partial charge in [0, 0.05) is 24.9 Å². The van der Waals surface area contributed by atoms with Crippen molar-refractivity contribution in [3.05, 3.63) is 35.4 Å². The molecule has 0 radical (unpaired) electrons. The molecule has 1 atom stereocenters. The van der Waals surface area contributed by atoms with Gasteiger partial charge in [0.15, 0.2) is 0 Å². The number of amides is 2. The third kappa shape index (κ3) is 4.57. The third-order valence-electron chi connectivity index (χ3n) is 4.61. The molecule has 0 spiro atoms. The molecule has 24 heavy (non-hydrogen) atoms. The maximum atomic E-state index is 12.0. The van der Waals surface area contributed by atoms with Gasteiger partial charge in [-0.2, -0.15) is 0 Å². The molecule has 0 aliphatic carbocycles. The Morgan fingerprint density at radius 1 is 1.29 bits per heavy atom. The van der Waals surface area contributed by atoms with Gasteiger partial charge in [0.05, 0.1) is 12.7 Å². The second-order valence-electron chi connectivity index (χ2n) is 6.15. The predicted octanol–water partition coefficient (Wildman–Crippen LogP) is 1.93. The van der Waals surface area contributed by atoms with Crippen LogP contribution in [0.3, 0.4) is 0 Å². The van der Waals surface area contributed by atoms with E-state index in [1.807, 2.05) is 6.92 Å². The third-order valence-corrected chi connectivity index (χ3v) is 4.61. The summed E-state index contributed by atoms with van der Waals surface area (Å²) in [6, 6.07) is 6.93. The van der Waals surface area contributed by atoms with Crippen molar-refractivity contribution in [1.82, 2.24) is 10.6 Å². The Hall–Kier alpha value is -2.37. The van der Waals surface area contributed by atoms with Gasteiger partial charge in [-0.1, -0.05) is 19.1 Å². The Morgan fingerprint density at radius 2 is 2.00 bits per heavy atom. The summed E-state index contributed by atoms with van der Waals surface area (Å²) in [5, 5.41) is 5.88. The molecule has 1 aromatic rings. The topological polar surface area (TPSA) is 84.5 Å². The van der Waals surface area contributed by atoms with Gasteiger partial charge in [0.2, 0.25) is 11.8 Å². The van der Waals surface area contributed by atoms with E-state index < -0.39 is 0 Å². The lowest BCUT2D eigenvalue weighted by molar-refractivity contribution is -0.122. The van der Waals surface area contributed by atoms with E-state index in [0.29, 0.717) is 31.4 Å². The summed E-state index contributed by atoms with van der Waals surface area (Å²) < 4.78 is 4.64. The summed E-state index contributed by atoms with van der Waals surface area (Å²) in [5.74, 6) is -0.349. The van der Waals surface area contributed by atoms with Crippen LogP contribution < -0.4 is 10.6 Å². The molecule has 0 saturated carbocycles. The molecular weight excluding hydrogens is 308 g/mol. The van der Waals surface area contributed by atoms with Crippen LogP contribution >= 0.6 is 0 Å². The van der Waals surface area contributed by atoms with E-state index >= 15 is 0 Å². The summed E-state index contributed by atoms with van der Waals surface area (Å²) in [7, 11) is 1.34. The molecule has 6 heteroatoms. The number of nitrogens with one attached hydrogen (secondary N) is 2.